The molecule has 3 nitrogen and oxygen atoms in total. The van der Waals surface area contributed by atoms with Crippen LogP contribution >= 0.6 is 71.3 Å². The first-order valence-electron chi connectivity index (χ1n) is 5.22. The molecule has 0 saturated heterocycles. The van der Waals surface area contributed by atoms with E-state index in [9.17, 15) is 9.46 Å². The molecule has 2 aromatic rings. The Labute approximate surface area is 149 Å². The predicted molar refractivity (Wildman–Crippen MR) is 93.8 cm³/mol. The van der Waals surface area contributed by atoms with E-state index >= 15 is 0 Å². The first-order chi connectivity index (χ1) is 9.29. The summed E-state index contributed by atoms with van der Waals surface area (Å²) in [6, 6.07) is 10.0. The highest BCUT2D eigenvalue weighted by Gasteiger charge is 2.28. The van der Waals surface area contributed by atoms with E-state index in [2.05, 4.69) is 63.7 Å². The summed E-state index contributed by atoms with van der Waals surface area (Å²) < 4.78 is 20.4. The van der Waals surface area contributed by atoms with Gasteiger partial charge in [-0.3, -0.25) is 0 Å². The van der Waals surface area contributed by atoms with E-state index in [1.54, 1.807) is 36.4 Å². The minimum absolute atomic E-state index is 0.204. The normalized spacial score (nSPS) is 13.8. The Morgan fingerprint density at radius 2 is 1.45 bits per heavy atom. The highest BCUT2D eigenvalue weighted by molar-refractivity contribution is 9.11. The zero-order valence-electron chi connectivity index (χ0n) is 9.69. The van der Waals surface area contributed by atoms with E-state index in [-0.39, 0.29) is 5.30 Å². The third-order valence-electron chi connectivity index (χ3n) is 2.33. The van der Waals surface area contributed by atoms with Crippen molar-refractivity contribution < 1.29 is 14.0 Å². The number of halogens is 4. The molecule has 1 atom stereocenters. The van der Waals surface area contributed by atoms with Crippen LogP contribution in [0.25, 0.3) is 0 Å². The van der Waals surface area contributed by atoms with Gasteiger partial charge in [0.15, 0.2) is 0 Å². The first kappa shape index (κ1) is 16.7. The molecule has 106 valence electrons. The maximum atomic E-state index is 12.4. The Hall–Kier alpha value is 0.350. The average molecular weight is 550 g/mol. The van der Waals surface area contributed by atoms with Crippen LogP contribution < -0.4 is 9.83 Å². The van der Waals surface area contributed by atoms with Crippen LogP contribution in [0.1, 0.15) is 0 Å². The molecule has 0 bridgehead atoms. The molecule has 2 rings (SSSR count). The molecule has 8 heteroatoms. The van der Waals surface area contributed by atoms with Crippen molar-refractivity contribution in [2.24, 2.45) is 0 Å². The van der Waals surface area contributed by atoms with Crippen molar-refractivity contribution in [1.82, 2.24) is 0 Å². The summed E-state index contributed by atoms with van der Waals surface area (Å²) in [5, 5.41) is 0.204. The molecule has 0 heterocycles. The lowest BCUT2D eigenvalue weighted by Gasteiger charge is -2.16. The Kier molecular flexibility index (Phi) is 5.54. The van der Waals surface area contributed by atoms with Crippen molar-refractivity contribution in [1.29, 1.82) is 0 Å². The molecule has 0 aliphatic rings. The molecule has 0 spiro atoms. The fourth-order valence-corrected chi connectivity index (χ4v) is 5.54. The predicted octanol–water partition coefficient (Wildman–Crippen LogP) is 5.63. The van der Waals surface area contributed by atoms with E-state index < -0.39 is 7.60 Å². The number of hydrogen-bond acceptors (Lipinski definition) is 2. The highest BCUT2D eigenvalue weighted by Crippen LogP contribution is 2.46. The Bertz CT molecular complexity index is 705. The summed E-state index contributed by atoms with van der Waals surface area (Å²) in [6.45, 7) is 0. The van der Waals surface area contributed by atoms with Crippen LogP contribution in [0, 0.1) is 0 Å². The van der Waals surface area contributed by atoms with Crippen LogP contribution in [0.15, 0.2) is 54.3 Å². The van der Waals surface area contributed by atoms with Crippen molar-refractivity contribution in [3.05, 3.63) is 54.3 Å². The molecular formula is C12H7Br4O3P. The molecule has 0 fully saturated rings. The second kappa shape index (κ2) is 6.63. The van der Waals surface area contributed by atoms with Gasteiger partial charge in [-0.05, 0) is 68.3 Å². The maximum absolute atomic E-state index is 12.4. The lowest BCUT2D eigenvalue weighted by atomic mass is 10.3. The zero-order chi connectivity index (χ0) is 14.9. The van der Waals surface area contributed by atoms with Crippen molar-refractivity contribution in [2.45, 2.75) is 0 Å². The van der Waals surface area contributed by atoms with Gasteiger partial charge in [-0.1, -0.05) is 31.9 Å². The van der Waals surface area contributed by atoms with Crippen LogP contribution in [0.2, 0.25) is 0 Å². The summed E-state index contributed by atoms with van der Waals surface area (Å²) >= 11 is 13.2. The standard InChI is InChI=1S/C12H7Br4O3P/c13-7-1-3-11(9(15)5-7)19-20(17,18)12-4-2-8(14)6-10(12)16/h1-6H,(H,17,18). The minimum atomic E-state index is -3.98. The molecule has 0 radical (unpaired) electrons. The fourth-order valence-electron chi connectivity index (χ4n) is 1.44. The summed E-state index contributed by atoms with van der Waals surface area (Å²) in [6.07, 6.45) is 0. The summed E-state index contributed by atoms with van der Waals surface area (Å²) in [4.78, 5) is 10.2. The summed E-state index contributed by atoms with van der Waals surface area (Å²) in [7, 11) is -3.98. The Balaban J connectivity index is 2.38. The fraction of sp³-hybridized carbons (Fsp3) is 0. The Morgan fingerprint density at radius 3 is 2.00 bits per heavy atom. The average Bonchev–Trinajstić information content (AvgIpc) is 2.32. The molecule has 2 aromatic carbocycles. The lowest BCUT2D eigenvalue weighted by molar-refractivity contribution is 0.392. The van der Waals surface area contributed by atoms with E-state index in [1.807, 2.05) is 0 Å². The van der Waals surface area contributed by atoms with E-state index in [0.717, 1.165) is 8.95 Å². The van der Waals surface area contributed by atoms with Gasteiger partial charge in [0.25, 0.3) is 0 Å². The van der Waals surface area contributed by atoms with Gasteiger partial charge in [-0.2, -0.15) is 0 Å². The van der Waals surface area contributed by atoms with Gasteiger partial charge in [0, 0.05) is 13.4 Å². The molecule has 0 aromatic heterocycles. The van der Waals surface area contributed by atoms with Crippen LogP contribution in [0.3, 0.4) is 0 Å². The topological polar surface area (TPSA) is 46.5 Å². The number of benzene rings is 2. The van der Waals surface area contributed by atoms with Crippen LogP contribution in [-0.2, 0) is 4.57 Å². The van der Waals surface area contributed by atoms with E-state index in [4.69, 9.17) is 4.52 Å². The van der Waals surface area contributed by atoms with E-state index in [0.29, 0.717) is 14.7 Å². The monoisotopic (exact) mass is 546 g/mol. The van der Waals surface area contributed by atoms with E-state index in [1.165, 1.54) is 0 Å². The molecule has 1 unspecified atom stereocenters. The maximum Gasteiger partial charge on any atom is 0.409 e. The van der Waals surface area contributed by atoms with Crippen LogP contribution in [0.5, 0.6) is 5.75 Å². The SMILES string of the molecule is O=P(O)(Oc1ccc(Br)cc1Br)c1ccc(Br)cc1Br. The number of hydrogen-bond donors (Lipinski definition) is 1. The van der Waals surface area contributed by atoms with Crippen molar-refractivity contribution in [3.8, 4) is 5.75 Å². The minimum Gasteiger partial charge on any atom is -0.420 e. The molecule has 0 aliphatic heterocycles. The quantitative estimate of drug-likeness (QED) is 0.505. The third kappa shape index (κ3) is 3.96. The van der Waals surface area contributed by atoms with Gasteiger partial charge >= 0.3 is 7.60 Å². The molecule has 1 N–H and O–H groups in total. The first-order valence-corrected chi connectivity index (χ1v) is 9.97. The van der Waals surface area contributed by atoms with Crippen LogP contribution in [-0.4, -0.2) is 4.89 Å². The number of rotatable bonds is 3. The zero-order valence-corrected chi connectivity index (χ0v) is 16.9. The Morgan fingerprint density at radius 1 is 0.900 bits per heavy atom. The summed E-state index contributed by atoms with van der Waals surface area (Å²) in [5.41, 5.74) is 0. The van der Waals surface area contributed by atoms with Gasteiger partial charge < -0.3 is 9.42 Å². The molecule has 0 saturated carbocycles. The highest BCUT2D eigenvalue weighted by atomic mass is 79.9. The largest absolute Gasteiger partial charge is 0.420 e. The summed E-state index contributed by atoms with van der Waals surface area (Å²) in [5.74, 6) is 0.300. The molecular weight excluding hydrogens is 543 g/mol. The lowest BCUT2D eigenvalue weighted by Crippen LogP contribution is -2.11. The van der Waals surface area contributed by atoms with Gasteiger partial charge in [0.2, 0.25) is 0 Å². The van der Waals surface area contributed by atoms with Crippen molar-refractivity contribution in [2.75, 3.05) is 0 Å². The second-order valence-electron chi connectivity index (χ2n) is 3.78. The van der Waals surface area contributed by atoms with Gasteiger partial charge in [0.1, 0.15) is 5.75 Å². The van der Waals surface area contributed by atoms with Crippen LogP contribution in [0.4, 0.5) is 0 Å². The third-order valence-corrected chi connectivity index (χ3v) is 6.34. The molecule has 0 aliphatic carbocycles. The molecule has 0 amide bonds. The smallest absolute Gasteiger partial charge is 0.409 e. The molecule has 20 heavy (non-hydrogen) atoms. The van der Waals surface area contributed by atoms with Crippen molar-refractivity contribution >= 4 is 76.6 Å². The second-order valence-corrected chi connectivity index (χ2v) is 9.03. The van der Waals surface area contributed by atoms with Gasteiger partial charge in [-0.15, -0.1) is 0 Å². The van der Waals surface area contributed by atoms with Crippen molar-refractivity contribution in [3.63, 3.8) is 0 Å². The van der Waals surface area contributed by atoms with Gasteiger partial charge in [0.05, 0.1) is 9.78 Å². The van der Waals surface area contributed by atoms with Gasteiger partial charge in [-0.25, -0.2) is 4.57 Å².